The molecule has 2 aromatic heterocycles. The molecule has 0 amide bonds. The van der Waals surface area contributed by atoms with Gasteiger partial charge in [0.05, 0.1) is 12.9 Å². The molecular weight excluding hydrogens is 290 g/mol. The number of ether oxygens (including phenoxy) is 1. The van der Waals surface area contributed by atoms with Gasteiger partial charge in [0.25, 0.3) is 0 Å². The van der Waals surface area contributed by atoms with E-state index in [4.69, 9.17) is 10.5 Å². The van der Waals surface area contributed by atoms with E-state index in [-0.39, 0.29) is 5.82 Å². The van der Waals surface area contributed by atoms with Crippen molar-refractivity contribution in [1.82, 2.24) is 19.5 Å². The quantitative estimate of drug-likeness (QED) is 0.487. The molecule has 1 aliphatic heterocycles. The number of nitrogens with zero attached hydrogens (tertiary/aromatic N) is 4. The van der Waals surface area contributed by atoms with Crippen molar-refractivity contribution >= 4 is 17.0 Å². The average Bonchev–Trinajstić information content (AvgIpc) is 3.04. The van der Waals surface area contributed by atoms with Gasteiger partial charge in [-0.1, -0.05) is 5.92 Å². The maximum Gasteiger partial charge on any atom is 0.182 e. The van der Waals surface area contributed by atoms with Crippen LogP contribution in [0.3, 0.4) is 0 Å². The number of hydrogen-bond donors (Lipinski definition) is 4. The average molecular weight is 305 g/mol. The van der Waals surface area contributed by atoms with Crippen molar-refractivity contribution in [3.05, 3.63) is 12.7 Å². The van der Waals surface area contributed by atoms with Crippen LogP contribution in [-0.2, 0) is 4.74 Å². The second-order valence-electron chi connectivity index (χ2n) is 4.95. The van der Waals surface area contributed by atoms with Crippen LogP contribution in [0, 0.1) is 11.8 Å². The highest BCUT2D eigenvalue weighted by molar-refractivity contribution is 5.81. The van der Waals surface area contributed by atoms with Gasteiger partial charge in [0.2, 0.25) is 0 Å². The Morgan fingerprint density at radius 3 is 2.86 bits per heavy atom. The molecule has 1 fully saturated rings. The smallest absolute Gasteiger partial charge is 0.182 e. The van der Waals surface area contributed by atoms with Crippen LogP contribution in [0.15, 0.2) is 12.7 Å². The summed E-state index contributed by atoms with van der Waals surface area (Å²) in [7, 11) is 0. The number of imidazole rings is 1. The molecule has 0 bridgehead atoms. The lowest BCUT2D eigenvalue weighted by Gasteiger charge is -2.23. The third-order valence-electron chi connectivity index (χ3n) is 3.66. The molecule has 0 spiro atoms. The molecule has 22 heavy (non-hydrogen) atoms. The predicted octanol–water partition coefficient (Wildman–Crippen LogP) is -1.59. The van der Waals surface area contributed by atoms with E-state index in [2.05, 4.69) is 26.8 Å². The van der Waals surface area contributed by atoms with Crippen LogP contribution >= 0.6 is 0 Å². The second kappa shape index (κ2) is 5.19. The van der Waals surface area contributed by atoms with Gasteiger partial charge in [-0.05, 0) is 6.92 Å². The maximum absolute atomic E-state index is 10.3. The lowest BCUT2D eigenvalue weighted by atomic mass is 9.97. The molecule has 0 saturated carbocycles. The van der Waals surface area contributed by atoms with Gasteiger partial charge >= 0.3 is 0 Å². The molecular formula is C13H15N5O4. The Balaban J connectivity index is 2.08. The highest BCUT2D eigenvalue weighted by Gasteiger charge is 2.54. The number of hydrogen-bond acceptors (Lipinski definition) is 8. The van der Waals surface area contributed by atoms with Crippen molar-refractivity contribution in [2.75, 3.05) is 12.3 Å². The van der Waals surface area contributed by atoms with E-state index in [0.29, 0.717) is 11.2 Å². The van der Waals surface area contributed by atoms with Gasteiger partial charge < -0.3 is 25.8 Å². The van der Waals surface area contributed by atoms with Gasteiger partial charge in [-0.2, -0.15) is 0 Å². The third kappa shape index (κ3) is 1.93. The molecule has 9 nitrogen and oxygen atoms in total. The van der Waals surface area contributed by atoms with Gasteiger partial charge in [0.15, 0.2) is 23.3 Å². The summed E-state index contributed by atoms with van der Waals surface area (Å²) in [5.41, 5.74) is 4.86. The second-order valence-corrected chi connectivity index (χ2v) is 4.95. The zero-order valence-corrected chi connectivity index (χ0v) is 11.7. The summed E-state index contributed by atoms with van der Waals surface area (Å²) in [4.78, 5) is 12.0. The Labute approximate surface area is 125 Å². The van der Waals surface area contributed by atoms with Crippen LogP contribution in [0.5, 0.6) is 0 Å². The van der Waals surface area contributed by atoms with E-state index in [1.54, 1.807) is 6.92 Å². The van der Waals surface area contributed by atoms with Gasteiger partial charge in [-0.3, -0.25) is 4.57 Å². The van der Waals surface area contributed by atoms with Crippen molar-refractivity contribution in [3.8, 4) is 11.8 Å². The van der Waals surface area contributed by atoms with Crippen molar-refractivity contribution in [2.24, 2.45) is 0 Å². The summed E-state index contributed by atoms with van der Waals surface area (Å²) < 4.78 is 7.08. The first-order chi connectivity index (χ1) is 10.5. The van der Waals surface area contributed by atoms with E-state index >= 15 is 0 Å². The maximum atomic E-state index is 10.3. The molecule has 1 saturated heterocycles. The first-order valence-electron chi connectivity index (χ1n) is 6.56. The minimum Gasteiger partial charge on any atom is -0.392 e. The molecule has 0 aromatic carbocycles. The van der Waals surface area contributed by atoms with E-state index in [0.717, 1.165) is 0 Å². The summed E-state index contributed by atoms with van der Waals surface area (Å²) >= 11 is 0. The summed E-state index contributed by atoms with van der Waals surface area (Å²) in [6.07, 6.45) is -1.07. The highest BCUT2D eigenvalue weighted by Crippen LogP contribution is 2.38. The molecule has 3 rings (SSSR count). The number of nitrogen functional groups attached to an aromatic ring is 1. The van der Waals surface area contributed by atoms with E-state index in [1.165, 1.54) is 17.2 Å². The SMILES string of the molecule is CC#C[C@]1(CO)O[C@@H](n2cnc3c(N)ncnc32)[C@H](O)[C@@H]1O. The van der Waals surface area contributed by atoms with Crippen LogP contribution < -0.4 is 5.73 Å². The first-order valence-corrected chi connectivity index (χ1v) is 6.56. The zero-order chi connectivity index (χ0) is 15.9. The minimum absolute atomic E-state index is 0.193. The number of aromatic nitrogens is 4. The molecule has 2 aromatic rings. The largest absolute Gasteiger partial charge is 0.392 e. The molecule has 3 heterocycles. The number of nitrogens with two attached hydrogens (primary N) is 1. The van der Waals surface area contributed by atoms with Crippen molar-refractivity contribution in [3.63, 3.8) is 0 Å². The van der Waals surface area contributed by atoms with Crippen molar-refractivity contribution in [1.29, 1.82) is 0 Å². The molecule has 0 unspecified atom stereocenters. The third-order valence-corrected chi connectivity index (χ3v) is 3.66. The summed E-state index contributed by atoms with van der Waals surface area (Å²) in [6, 6.07) is 0. The van der Waals surface area contributed by atoms with Gasteiger partial charge in [-0.25, -0.2) is 15.0 Å². The monoisotopic (exact) mass is 305 g/mol. The van der Waals surface area contributed by atoms with Crippen LogP contribution in [0.1, 0.15) is 13.2 Å². The first kappa shape index (κ1) is 14.7. The summed E-state index contributed by atoms with van der Waals surface area (Å²) in [5, 5.41) is 30.0. The normalized spacial score (nSPS) is 31.2. The number of anilines is 1. The number of rotatable bonds is 2. The highest BCUT2D eigenvalue weighted by atomic mass is 16.6. The van der Waals surface area contributed by atoms with Crippen molar-refractivity contribution < 1.29 is 20.1 Å². The standard InChI is InChI=1S/C13H15N5O4/c1-2-3-13(4-19)9(21)8(20)12(22-13)18-6-17-7-10(14)15-5-16-11(7)18/h5-6,8-9,12,19-21H,4H2,1H3,(H2,14,15,16)/t8-,9+,12-,13-/m1/s1. The predicted molar refractivity (Wildman–Crippen MR) is 75.1 cm³/mol. The number of aliphatic hydroxyl groups is 3. The molecule has 9 heteroatoms. The Bertz CT molecular complexity index is 767. The number of fused-ring (bicyclic) bond motifs is 1. The molecule has 0 radical (unpaired) electrons. The zero-order valence-electron chi connectivity index (χ0n) is 11.7. The van der Waals surface area contributed by atoms with E-state index in [9.17, 15) is 15.3 Å². The van der Waals surface area contributed by atoms with Gasteiger partial charge in [0, 0.05) is 0 Å². The molecule has 4 atom stereocenters. The lowest BCUT2D eigenvalue weighted by Crippen LogP contribution is -2.45. The molecule has 5 N–H and O–H groups in total. The van der Waals surface area contributed by atoms with Crippen molar-refractivity contribution in [2.45, 2.75) is 31.0 Å². The van der Waals surface area contributed by atoms with Crippen LogP contribution in [-0.4, -0.2) is 59.3 Å². The molecule has 0 aliphatic carbocycles. The van der Waals surface area contributed by atoms with Crippen LogP contribution in [0.4, 0.5) is 5.82 Å². The van der Waals surface area contributed by atoms with Gasteiger partial charge in [0.1, 0.15) is 24.1 Å². The Morgan fingerprint density at radius 1 is 1.41 bits per heavy atom. The summed E-state index contributed by atoms with van der Waals surface area (Å²) in [6.45, 7) is 0.986. The fourth-order valence-electron chi connectivity index (χ4n) is 2.55. The Kier molecular flexibility index (Phi) is 3.46. The fourth-order valence-corrected chi connectivity index (χ4v) is 2.55. The molecule has 1 aliphatic rings. The Hall–Kier alpha value is -2.25. The lowest BCUT2D eigenvalue weighted by molar-refractivity contribution is -0.0912. The fraction of sp³-hybridized carbons (Fsp3) is 0.462. The Morgan fingerprint density at radius 2 is 2.18 bits per heavy atom. The van der Waals surface area contributed by atoms with Crippen LogP contribution in [0.25, 0.3) is 11.2 Å². The number of aliphatic hydroxyl groups excluding tert-OH is 3. The van der Waals surface area contributed by atoms with E-state index in [1.807, 2.05) is 0 Å². The van der Waals surface area contributed by atoms with Gasteiger partial charge in [-0.15, -0.1) is 5.92 Å². The topological polar surface area (TPSA) is 140 Å². The molecule has 116 valence electrons. The minimum atomic E-state index is -1.56. The summed E-state index contributed by atoms with van der Waals surface area (Å²) in [5.74, 6) is 5.40. The van der Waals surface area contributed by atoms with Crippen LogP contribution in [0.2, 0.25) is 0 Å². The van der Waals surface area contributed by atoms with E-state index < -0.39 is 30.6 Å².